The SMILES string of the molecule is C.Cc1cc(CCC(Cc2c[nH]c3ccccc23)NC(=O)c2ccccc2)cc(C(F)(F)F)c1. The number of rotatable bonds is 7. The summed E-state index contributed by atoms with van der Waals surface area (Å²) in [5, 5.41) is 4.17. The molecule has 3 aromatic carbocycles. The predicted octanol–water partition coefficient (Wildman–Crippen LogP) is 7.11. The number of aromatic amines is 1. The number of amides is 1. The second-order valence-electron chi connectivity index (χ2n) is 8.34. The molecule has 178 valence electrons. The maximum absolute atomic E-state index is 13.2. The Balaban J connectivity index is 0.00000324. The normalized spacial score (nSPS) is 12.2. The molecular weight excluding hydrogens is 437 g/mol. The van der Waals surface area contributed by atoms with E-state index in [1.165, 1.54) is 6.07 Å². The van der Waals surface area contributed by atoms with Gasteiger partial charge < -0.3 is 10.3 Å². The third kappa shape index (κ3) is 6.07. The molecule has 0 bridgehead atoms. The fraction of sp³-hybridized carbons (Fsp3) is 0.250. The van der Waals surface area contributed by atoms with E-state index in [0.717, 1.165) is 22.5 Å². The second-order valence-corrected chi connectivity index (χ2v) is 8.34. The van der Waals surface area contributed by atoms with Crippen molar-refractivity contribution in [1.82, 2.24) is 10.3 Å². The molecule has 0 aliphatic rings. The molecule has 1 atom stereocenters. The lowest BCUT2D eigenvalue weighted by molar-refractivity contribution is -0.137. The van der Waals surface area contributed by atoms with Crippen molar-refractivity contribution in [2.75, 3.05) is 0 Å². The van der Waals surface area contributed by atoms with Crippen molar-refractivity contribution in [3.63, 3.8) is 0 Å². The summed E-state index contributed by atoms with van der Waals surface area (Å²) in [6.07, 6.45) is -0.946. The van der Waals surface area contributed by atoms with E-state index >= 15 is 0 Å². The predicted molar refractivity (Wildman–Crippen MR) is 131 cm³/mol. The van der Waals surface area contributed by atoms with Crippen LogP contribution in [0, 0.1) is 6.92 Å². The first-order chi connectivity index (χ1) is 15.8. The molecule has 0 spiro atoms. The molecule has 1 aromatic heterocycles. The first kappa shape index (κ1) is 25.1. The zero-order valence-corrected chi connectivity index (χ0v) is 18.2. The van der Waals surface area contributed by atoms with Gasteiger partial charge in [0.2, 0.25) is 0 Å². The maximum atomic E-state index is 13.2. The summed E-state index contributed by atoms with van der Waals surface area (Å²) in [7, 11) is 0. The van der Waals surface area contributed by atoms with Crippen molar-refractivity contribution >= 4 is 16.8 Å². The summed E-state index contributed by atoms with van der Waals surface area (Å²) in [6.45, 7) is 1.67. The van der Waals surface area contributed by atoms with Crippen LogP contribution in [0.4, 0.5) is 13.2 Å². The summed E-state index contributed by atoms with van der Waals surface area (Å²) in [6, 6.07) is 20.7. The number of benzene rings is 3. The molecular formula is C28H29F3N2O. The lowest BCUT2D eigenvalue weighted by Gasteiger charge is -2.19. The van der Waals surface area contributed by atoms with Crippen molar-refractivity contribution < 1.29 is 18.0 Å². The number of fused-ring (bicyclic) bond motifs is 1. The maximum Gasteiger partial charge on any atom is 0.416 e. The van der Waals surface area contributed by atoms with Gasteiger partial charge in [0.25, 0.3) is 5.91 Å². The van der Waals surface area contributed by atoms with Crippen LogP contribution in [0.15, 0.2) is 79.0 Å². The first-order valence-electron chi connectivity index (χ1n) is 10.9. The van der Waals surface area contributed by atoms with E-state index in [9.17, 15) is 18.0 Å². The molecule has 3 nitrogen and oxygen atoms in total. The van der Waals surface area contributed by atoms with Gasteiger partial charge in [-0.05, 0) is 67.6 Å². The minimum atomic E-state index is -4.38. The Morgan fingerprint density at radius 2 is 1.71 bits per heavy atom. The van der Waals surface area contributed by atoms with Crippen LogP contribution in [-0.2, 0) is 19.0 Å². The zero-order chi connectivity index (χ0) is 23.4. The van der Waals surface area contributed by atoms with Gasteiger partial charge in [0.1, 0.15) is 0 Å². The summed E-state index contributed by atoms with van der Waals surface area (Å²) >= 11 is 0. The van der Waals surface area contributed by atoms with Crippen molar-refractivity contribution in [2.45, 2.75) is 45.8 Å². The minimum absolute atomic E-state index is 0. The molecule has 34 heavy (non-hydrogen) atoms. The number of carbonyl (C=O) groups is 1. The molecule has 0 saturated carbocycles. The average molecular weight is 467 g/mol. The Bertz CT molecular complexity index is 1250. The Hall–Kier alpha value is -3.54. The smallest absolute Gasteiger partial charge is 0.361 e. The number of aromatic nitrogens is 1. The summed E-state index contributed by atoms with van der Waals surface area (Å²) in [5.41, 5.74) is 3.16. The number of nitrogens with one attached hydrogen (secondary N) is 2. The van der Waals surface area contributed by atoms with E-state index in [2.05, 4.69) is 10.3 Å². The van der Waals surface area contributed by atoms with Crippen molar-refractivity contribution in [1.29, 1.82) is 0 Å². The molecule has 1 unspecified atom stereocenters. The quantitative estimate of drug-likeness (QED) is 0.300. The standard InChI is InChI=1S/C27H25F3N2O.CH4/c1-18-13-19(15-22(14-18)27(28,29)30)11-12-23(32-26(33)20-7-3-2-4-8-20)16-21-17-31-25-10-6-5-9-24(21)25;/h2-10,13-15,17,23,31H,11-12,16H2,1H3,(H,32,33);1H4. The molecule has 0 aliphatic carbocycles. The third-order valence-electron chi connectivity index (χ3n) is 5.76. The molecule has 1 amide bonds. The summed E-state index contributed by atoms with van der Waals surface area (Å²) < 4.78 is 39.7. The van der Waals surface area contributed by atoms with E-state index in [0.29, 0.717) is 36.0 Å². The van der Waals surface area contributed by atoms with E-state index in [1.807, 2.05) is 36.5 Å². The number of alkyl halides is 3. The molecule has 4 aromatic rings. The molecule has 6 heteroatoms. The number of para-hydroxylation sites is 1. The highest BCUT2D eigenvalue weighted by molar-refractivity contribution is 5.94. The lowest BCUT2D eigenvalue weighted by Crippen LogP contribution is -2.36. The van der Waals surface area contributed by atoms with Gasteiger partial charge in [0.15, 0.2) is 0 Å². The summed E-state index contributed by atoms with van der Waals surface area (Å²) in [5.74, 6) is -0.194. The van der Waals surface area contributed by atoms with Crippen molar-refractivity contribution in [3.05, 3.63) is 107 Å². The lowest BCUT2D eigenvalue weighted by atomic mass is 9.96. The number of carbonyl (C=O) groups excluding carboxylic acids is 1. The van der Waals surface area contributed by atoms with E-state index < -0.39 is 11.7 Å². The van der Waals surface area contributed by atoms with Gasteiger partial charge in [0.05, 0.1) is 5.56 Å². The second kappa shape index (κ2) is 10.6. The number of halogens is 3. The van der Waals surface area contributed by atoms with Crippen molar-refractivity contribution in [3.8, 4) is 0 Å². The van der Waals surface area contributed by atoms with Crippen LogP contribution in [0.2, 0.25) is 0 Å². The van der Waals surface area contributed by atoms with Crippen molar-refractivity contribution in [2.24, 2.45) is 0 Å². The molecule has 2 N–H and O–H groups in total. The van der Waals surface area contributed by atoms with Crippen LogP contribution < -0.4 is 5.32 Å². The largest absolute Gasteiger partial charge is 0.416 e. The Morgan fingerprint density at radius 1 is 1.00 bits per heavy atom. The van der Waals surface area contributed by atoms with Gasteiger partial charge in [0, 0.05) is 28.7 Å². The third-order valence-corrected chi connectivity index (χ3v) is 5.76. The number of aryl methyl sites for hydroxylation is 2. The molecule has 0 saturated heterocycles. The van der Waals surface area contributed by atoms with Crippen LogP contribution in [0.3, 0.4) is 0 Å². The van der Waals surface area contributed by atoms with Gasteiger partial charge in [-0.3, -0.25) is 4.79 Å². The Morgan fingerprint density at radius 3 is 2.44 bits per heavy atom. The van der Waals surface area contributed by atoms with Crippen LogP contribution >= 0.6 is 0 Å². The number of H-pyrrole nitrogens is 1. The first-order valence-corrected chi connectivity index (χ1v) is 10.9. The van der Waals surface area contributed by atoms with Gasteiger partial charge in [-0.25, -0.2) is 0 Å². The van der Waals surface area contributed by atoms with Gasteiger partial charge in [-0.2, -0.15) is 13.2 Å². The Labute approximate surface area is 198 Å². The minimum Gasteiger partial charge on any atom is -0.361 e. The highest BCUT2D eigenvalue weighted by atomic mass is 19.4. The van der Waals surface area contributed by atoms with Gasteiger partial charge in [-0.1, -0.05) is 55.5 Å². The monoisotopic (exact) mass is 466 g/mol. The molecule has 1 heterocycles. The highest BCUT2D eigenvalue weighted by Gasteiger charge is 2.31. The number of hydrogen-bond donors (Lipinski definition) is 2. The van der Waals surface area contributed by atoms with E-state index in [-0.39, 0.29) is 19.4 Å². The van der Waals surface area contributed by atoms with Crippen LogP contribution in [-0.4, -0.2) is 16.9 Å². The van der Waals surface area contributed by atoms with Crippen LogP contribution in [0.5, 0.6) is 0 Å². The average Bonchev–Trinajstić information content (AvgIpc) is 3.20. The molecule has 0 aliphatic heterocycles. The molecule has 0 radical (unpaired) electrons. The van der Waals surface area contributed by atoms with Crippen LogP contribution in [0.1, 0.15) is 46.5 Å². The fourth-order valence-corrected chi connectivity index (χ4v) is 4.16. The number of hydrogen-bond acceptors (Lipinski definition) is 1. The van der Waals surface area contributed by atoms with E-state index in [4.69, 9.17) is 0 Å². The van der Waals surface area contributed by atoms with E-state index in [1.54, 1.807) is 37.3 Å². The fourth-order valence-electron chi connectivity index (χ4n) is 4.16. The van der Waals surface area contributed by atoms with Gasteiger partial charge in [-0.15, -0.1) is 0 Å². The molecule has 4 rings (SSSR count). The topological polar surface area (TPSA) is 44.9 Å². The molecule has 0 fully saturated rings. The summed E-state index contributed by atoms with van der Waals surface area (Å²) in [4.78, 5) is 16.1. The zero-order valence-electron chi connectivity index (χ0n) is 18.2. The highest BCUT2D eigenvalue weighted by Crippen LogP contribution is 2.31. The van der Waals surface area contributed by atoms with Gasteiger partial charge >= 0.3 is 6.18 Å². The van der Waals surface area contributed by atoms with Crippen LogP contribution in [0.25, 0.3) is 10.9 Å². The Kier molecular flexibility index (Phi) is 7.82.